The molecule has 1 aliphatic carbocycles. The first-order valence-electron chi connectivity index (χ1n) is 7.31. The molecule has 0 atom stereocenters. The maximum Gasteiger partial charge on any atom is 0.216 e. The fourth-order valence-electron chi connectivity index (χ4n) is 2.48. The Bertz CT molecular complexity index is 802. The fraction of sp³-hybridized carbons (Fsp3) is 0.312. The Balaban J connectivity index is 1.57. The van der Waals surface area contributed by atoms with Crippen molar-refractivity contribution in [3.63, 3.8) is 0 Å². The molecule has 112 valence electrons. The van der Waals surface area contributed by atoms with E-state index < -0.39 is 0 Å². The van der Waals surface area contributed by atoms with Crippen LogP contribution in [-0.2, 0) is 6.54 Å². The van der Waals surface area contributed by atoms with E-state index in [4.69, 9.17) is 16.0 Å². The van der Waals surface area contributed by atoms with E-state index in [9.17, 15) is 0 Å². The molecule has 0 radical (unpaired) electrons. The molecule has 1 aromatic carbocycles. The van der Waals surface area contributed by atoms with Gasteiger partial charge in [0.05, 0.1) is 11.4 Å². The van der Waals surface area contributed by atoms with Gasteiger partial charge >= 0.3 is 0 Å². The highest BCUT2D eigenvalue weighted by Crippen LogP contribution is 2.38. The quantitative estimate of drug-likeness (QED) is 0.734. The Morgan fingerprint density at radius 1 is 1.27 bits per heavy atom. The van der Waals surface area contributed by atoms with E-state index in [0.717, 1.165) is 22.7 Å². The minimum absolute atomic E-state index is 0.494. The Hall–Kier alpha value is -2.14. The van der Waals surface area contributed by atoms with Crippen LogP contribution < -0.4 is 0 Å². The summed E-state index contributed by atoms with van der Waals surface area (Å²) in [5, 5.41) is 9.05. The monoisotopic (exact) mass is 314 g/mol. The Labute approximate surface area is 132 Å². The second kappa shape index (κ2) is 5.25. The van der Waals surface area contributed by atoms with Gasteiger partial charge in [0.2, 0.25) is 5.89 Å². The number of nitrogens with zero attached hydrogens (tertiary/aromatic N) is 4. The van der Waals surface area contributed by atoms with Gasteiger partial charge in [-0.1, -0.05) is 16.8 Å². The van der Waals surface area contributed by atoms with Crippen molar-refractivity contribution >= 4 is 11.6 Å². The van der Waals surface area contributed by atoms with Gasteiger partial charge in [-0.25, -0.2) is 9.67 Å². The largest absolute Gasteiger partial charge is 0.438 e. The van der Waals surface area contributed by atoms with Crippen molar-refractivity contribution in [1.82, 2.24) is 20.0 Å². The van der Waals surface area contributed by atoms with Crippen molar-refractivity contribution in [3.05, 3.63) is 52.8 Å². The van der Waals surface area contributed by atoms with E-state index in [-0.39, 0.29) is 0 Å². The van der Waals surface area contributed by atoms with Gasteiger partial charge in [-0.3, -0.25) is 0 Å². The van der Waals surface area contributed by atoms with Crippen LogP contribution >= 0.6 is 11.6 Å². The molecule has 0 bridgehead atoms. The molecular weight excluding hydrogens is 300 g/mol. The van der Waals surface area contributed by atoms with E-state index in [1.165, 1.54) is 12.8 Å². The average Bonchev–Trinajstić information content (AvgIpc) is 3.15. The molecule has 1 fully saturated rings. The topological polar surface area (TPSA) is 56.7 Å². The zero-order chi connectivity index (χ0) is 15.1. The number of hydrogen-bond acceptors (Lipinski definition) is 4. The molecule has 4 rings (SSSR count). The van der Waals surface area contributed by atoms with Crippen molar-refractivity contribution in [2.75, 3.05) is 0 Å². The predicted octanol–water partition coefficient (Wildman–Crippen LogP) is 3.82. The molecule has 0 aliphatic heterocycles. The summed E-state index contributed by atoms with van der Waals surface area (Å²) in [6, 6.07) is 7.55. The molecule has 5 nitrogen and oxygen atoms in total. The summed E-state index contributed by atoms with van der Waals surface area (Å²) in [6.07, 6.45) is 4.42. The third kappa shape index (κ3) is 2.64. The van der Waals surface area contributed by atoms with Crippen LogP contribution in [0.1, 0.15) is 36.0 Å². The number of hydrogen-bond donors (Lipinski definition) is 0. The van der Waals surface area contributed by atoms with Crippen molar-refractivity contribution in [2.45, 2.75) is 32.2 Å². The van der Waals surface area contributed by atoms with E-state index in [1.54, 1.807) is 4.68 Å². The summed E-state index contributed by atoms with van der Waals surface area (Å²) >= 11 is 5.92. The van der Waals surface area contributed by atoms with Gasteiger partial charge in [0, 0.05) is 22.7 Å². The van der Waals surface area contributed by atoms with Gasteiger partial charge in [-0.15, -0.1) is 5.10 Å². The number of aromatic nitrogens is 4. The lowest BCUT2D eigenvalue weighted by molar-refractivity contribution is 0.469. The number of aryl methyl sites for hydroxylation is 1. The molecule has 6 heteroatoms. The predicted molar refractivity (Wildman–Crippen MR) is 82.8 cm³/mol. The number of benzene rings is 1. The van der Waals surface area contributed by atoms with Crippen LogP contribution in [0.3, 0.4) is 0 Å². The summed E-state index contributed by atoms with van der Waals surface area (Å²) in [6.45, 7) is 2.43. The highest BCUT2D eigenvalue weighted by molar-refractivity contribution is 6.30. The Morgan fingerprint density at radius 2 is 2.05 bits per heavy atom. The summed E-state index contributed by atoms with van der Waals surface area (Å²) in [7, 11) is 0. The first-order chi connectivity index (χ1) is 10.7. The zero-order valence-corrected chi connectivity index (χ0v) is 12.9. The van der Waals surface area contributed by atoms with Gasteiger partial charge in [-0.2, -0.15) is 0 Å². The molecule has 0 spiro atoms. The summed E-state index contributed by atoms with van der Waals surface area (Å²) in [4.78, 5) is 4.49. The van der Waals surface area contributed by atoms with Gasteiger partial charge in [0.1, 0.15) is 6.54 Å². The second-order valence-corrected chi connectivity index (χ2v) is 6.08. The van der Waals surface area contributed by atoms with Crippen molar-refractivity contribution in [3.8, 4) is 11.3 Å². The fourth-order valence-corrected chi connectivity index (χ4v) is 2.61. The van der Waals surface area contributed by atoms with Crippen LogP contribution in [0.15, 0.2) is 34.9 Å². The third-order valence-corrected chi connectivity index (χ3v) is 4.05. The Morgan fingerprint density at radius 3 is 2.77 bits per heavy atom. The van der Waals surface area contributed by atoms with Crippen LogP contribution in [0.25, 0.3) is 11.3 Å². The van der Waals surface area contributed by atoms with Gasteiger partial charge in [0.25, 0.3) is 0 Å². The van der Waals surface area contributed by atoms with Crippen LogP contribution in [0, 0.1) is 6.92 Å². The molecule has 2 aromatic heterocycles. The number of oxazole rings is 1. The molecule has 0 N–H and O–H groups in total. The minimum atomic E-state index is 0.494. The molecule has 22 heavy (non-hydrogen) atoms. The second-order valence-electron chi connectivity index (χ2n) is 5.64. The van der Waals surface area contributed by atoms with Crippen LogP contribution in [0.5, 0.6) is 0 Å². The van der Waals surface area contributed by atoms with Gasteiger partial charge < -0.3 is 4.42 Å². The maximum atomic E-state index is 5.92. The van der Waals surface area contributed by atoms with Gasteiger partial charge in [0.15, 0.2) is 5.76 Å². The first kappa shape index (κ1) is 13.5. The molecule has 0 saturated heterocycles. The smallest absolute Gasteiger partial charge is 0.216 e. The molecular formula is C16H15ClN4O. The van der Waals surface area contributed by atoms with E-state index >= 15 is 0 Å². The third-order valence-electron chi connectivity index (χ3n) is 3.80. The Kier molecular flexibility index (Phi) is 3.22. The van der Waals surface area contributed by atoms with Crippen LogP contribution in [0.4, 0.5) is 0 Å². The molecule has 0 unspecified atom stereocenters. The van der Waals surface area contributed by atoms with Crippen LogP contribution in [0.2, 0.25) is 5.02 Å². The van der Waals surface area contributed by atoms with Crippen molar-refractivity contribution < 1.29 is 4.42 Å². The van der Waals surface area contributed by atoms with Crippen molar-refractivity contribution in [1.29, 1.82) is 0 Å². The molecule has 2 heterocycles. The normalized spacial score (nSPS) is 14.5. The maximum absolute atomic E-state index is 5.92. The molecule has 0 amide bonds. The molecule has 3 aromatic rings. The average molecular weight is 315 g/mol. The van der Waals surface area contributed by atoms with Crippen molar-refractivity contribution in [2.24, 2.45) is 0 Å². The van der Waals surface area contributed by atoms with E-state index in [2.05, 4.69) is 15.3 Å². The summed E-state index contributed by atoms with van der Waals surface area (Å²) in [5.74, 6) is 2.01. The van der Waals surface area contributed by atoms with Gasteiger partial charge in [-0.05, 0) is 44.0 Å². The highest BCUT2D eigenvalue weighted by atomic mass is 35.5. The number of halogens is 1. The standard InChI is InChI=1S/C16H15ClN4O/c1-10-16(12-4-6-13(17)7-5-12)22-15(18-10)9-21-8-14(19-20-21)11-2-3-11/h4-8,11H,2-3,9H2,1H3. The lowest BCUT2D eigenvalue weighted by atomic mass is 10.1. The first-order valence-corrected chi connectivity index (χ1v) is 7.69. The summed E-state index contributed by atoms with van der Waals surface area (Å²) < 4.78 is 7.67. The molecule has 1 saturated carbocycles. The lowest BCUT2D eigenvalue weighted by Crippen LogP contribution is -2.00. The number of rotatable bonds is 4. The van der Waals surface area contributed by atoms with Crippen LogP contribution in [-0.4, -0.2) is 20.0 Å². The molecule has 1 aliphatic rings. The highest BCUT2D eigenvalue weighted by Gasteiger charge is 2.26. The van der Waals surface area contributed by atoms with E-state index in [1.807, 2.05) is 37.4 Å². The summed E-state index contributed by atoms with van der Waals surface area (Å²) in [5.41, 5.74) is 2.90. The lowest BCUT2D eigenvalue weighted by Gasteiger charge is -1.98. The zero-order valence-electron chi connectivity index (χ0n) is 12.2. The SMILES string of the molecule is Cc1nc(Cn2cc(C3CC3)nn2)oc1-c1ccc(Cl)cc1. The minimum Gasteiger partial charge on any atom is -0.438 e. The van der Waals surface area contributed by atoms with E-state index in [0.29, 0.717) is 23.4 Å².